The van der Waals surface area contributed by atoms with Gasteiger partial charge in [-0.05, 0) is 6.54 Å². The molecule has 0 aromatic rings. The molecule has 0 radical (unpaired) electrons. The maximum atomic E-state index is 9.72. The normalized spacial score (nSPS) is 13.9. The third kappa shape index (κ3) is 4.05. The predicted octanol–water partition coefficient (Wildman–Crippen LogP) is -1.21. The number of hydrogen-bond acceptors (Lipinski definition) is 2. The van der Waals surface area contributed by atoms with Gasteiger partial charge in [-0.1, -0.05) is 6.92 Å². The van der Waals surface area contributed by atoms with Gasteiger partial charge in [0.1, 0.15) is 0 Å². The van der Waals surface area contributed by atoms with Crippen molar-refractivity contribution >= 4 is 0 Å². The molecule has 50 valence electrons. The van der Waals surface area contributed by atoms with Crippen LogP contribution in [0.25, 0.3) is 0 Å². The lowest BCUT2D eigenvalue weighted by Crippen LogP contribution is -2.33. The summed E-state index contributed by atoms with van der Waals surface area (Å²) in [6.07, 6.45) is -0.0880. The first-order valence-electron chi connectivity index (χ1n) is 2.84. The summed E-state index contributed by atoms with van der Waals surface area (Å²) in [5.41, 5.74) is 0. The quantitative estimate of drug-likeness (QED) is 0.287. The summed E-state index contributed by atoms with van der Waals surface area (Å²) in [4.78, 5) is 2.81. The van der Waals surface area contributed by atoms with Crippen molar-refractivity contribution in [3.8, 4) is 0 Å². The van der Waals surface area contributed by atoms with Gasteiger partial charge in [0, 0.05) is 6.92 Å². The van der Waals surface area contributed by atoms with Crippen LogP contribution in [0.5, 0.6) is 0 Å². The van der Waals surface area contributed by atoms with E-state index in [0.29, 0.717) is 6.54 Å². The Bertz CT molecular complexity index is 49.7. The van der Waals surface area contributed by atoms with Gasteiger partial charge in [-0.2, -0.15) is 0 Å². The fourth-order valence-electron chi connectivity index (χ4n) is 0.390. The fraction of sp³-hybridized carbons (Fsp3) is 1.00. The largest absolute Gasteiger partial charge is 0.535 e. The van der Waals surface area contributed by atoms with E-state index < -0.39 is 0 Å². The first-order valence-corrected chi connectivity index (χ1v) is 2.84. The summed E-state index contributed by atoms with van der Waals surface area (Å²) in [7, 11) is 0. The van der Waals surface area contributed by atoms with E-state index in [4.69, 9.17) is 0 Å². The van der Waals surface area contributed by atoms with Crippen LogP contribution in [0.15, 0.2) is 0 Å². The molecule has 0 aromatic carbocycles. The van der Waals surface area contributed by atoms with Crippen molar-refractivity contribution in [3.63, 3.8) is 0 Å². The van der Waals surface area contributed by atoms with Gasteiger partial charge in [0.2, 0.25) is 0 Å². The number of hydrogen-bond donors (Lipinski definition) is 1. The van der Waals surface area contributed by atoms with E-state index in [2.05, 4.69) is 10.2 Å². The summed E-state index contributed by atoms with van der Waals surface area (Å²) in [6, 6.07) is 0. The van der Waals surface area contributed by atoms with Crippen LogP contribution < -0.4 is 10.6 Å². The molecule has 0 heterocycles. The third-order valence-corrected chi connectivity index (χ3v) is 0.870. The summed E-state index contributed by atoms with van der Waals surface area (Å²) >= 11 is 0. The Morgan fingerprint density at radius 2 is 2.38 bits per heavy atom. The van der Waals surface area contributed by atoms with E-state index in [1.165, 1.54) is 0 Å². The Labute approximate surface area is 49.6 Å². The Hall–Kier alpha value is -0.120. The number of rotatable bonds is 4. The molecule has 3 heteroatoms. The fourth-order valence-corrected chi connectivity index (χ4v) is 0.390. The van der Waals surface area contributed by atoms with Crippen molar-refractivity contribution in [1.29, 1.82) is 0 Å². The average molecular weight is 119 g/mol. The van der Waals surface area contributed by atoms with E-state index >= 15 is 0 Å². The summed E-state index contributed by atoms with van der Waals surface area (Å²) in [6.45, 7) is 5.38. The van der Waals surface area contributed by atoms with E-state index in [-0.39, 0.29) is 6.10 Å². The SMILES string of the molecule is CCNCC(C)[OH+][O-]. The minimum atomic E-state index is -0.0880. The summed E-state index contributed by atoms with van der Waals surface area (Å²) in [5.74, 6) is 0. The Morgan fingerprint density at radius 3 is 2.75 bits per heavy atom. The molecule has 0 aliphatic carbocycles. The highest BCUT2D eigenvalue weighted by Gasteiger charge is 1.97. The first-order chi connectivity index (χ1) is 3.81. The number of aliphatic hydroxyl groups is 1. The minimum Gasteiger partial charge on any atom is -0.535 e. The van der Waals surface area contributed by atoms with Crippen LogP contribution in [0, 0.1) is 0 Å². The van der Waals surface area contributed by atoms with Crippen LogP contribution in [0.1, 0.15) is 13.8 Å². The van der Waals surface area contributed by atoms with Gasteiger partial charge in [0.25, 0.3) is 0 Å². The van der Waals surface area contributed by atoms with Gasteiger partial charge in [-0.25, -0.2) is 0 Å². The van der Waals surface area contributed by atoms with E-state index in [1.54, 1.807) is 6.92 Å². The molecule has 0 aliphatic rings. The lowest BCUT2D eigenvalue weighted by Gasteiger charge is -2.09. The van der Waals surface area contributed by atoms with E-state index in [1.807, 2.05) is 6.92 Å². The van der Waals surface area contributed by atoms with Crippen LogP contribution in [-0.2, 0) is 0 Å². The van der Waals surface area contributed by atoms with E-state index in [9.17, 15) is 5.26 Å². The maximum Gasteiger partial charge on any atom is 0.170 e. The van der Waals surface area contributed by atoms with Crippen LogP contribution in [0.3, 0.4) is 0 Å². The van der Waals surface area contributed by atoms with Gasteiger partial charge in [0.05, 0.1) is 6.54 Å². The average Bonchev–Trinajstić information content (AvgIpc) is 1.83. The highest BCUT2D eigenvalue weighted by atomic mass is 17.1. The van der Waals surface area contributed by atoms with Crippen molar-refractivity contribution in [3.05, 3.63) is 0 Å². The molecule has 0 saturated carbocycles. The minimum absolute atomic E-state index is 0.0880. The second-order valence-corrected chi connectivity index (χ2v) is 1.76. The van der Waals surface area contributed by atoms with Crippen molar-refractivity contribution in [2.75, 3.05) is 13.1 Å². The monoisotopic (exact) mass is 119 g/mol. The first kappa shape index (κ1) is 7.88. The second-order valence-electron chi connectivity index (χ2n) is 1.76. The highest BCUT2D eigenvalue weighted by molar-refractivity contribution is 4.48. The molecule has 3 nitrogen and oxygen atoms in total. The molecule has 0 spiro atoms. The van der Waals surface area contributed by atoms with Gasteiger partial charge in [-0.15, -0.1) is 0 Å². The second kappa shape index (κ2) is 5.03. The zero-order valence-electron chi connectivity index (χ0n) is 5.35. The van der Waals surface area contributed by atoms with Crippen molar-refractivity contribution in [1.82, 2.24) is 5.32 Å². The van der Waals surface area contributed by atoms with Crippen LogP contribution in [-0.4, -0.2) is 24.1 Å². The van der Waals surface area contributed by atoms with Gasteiger partial charge >= 0.3 is 0 Å². The smallest absolute Gasteiger partial charge is 0.170 e. The maximum absolute atomic E-state index is 9.72. The molecule has 8 heavy (non-hydrogen) atoms. The molecular formula is C5H13NO2. The highest BCUT2D eigenvalue weighted by Crippen LogP contribution is 1.75. The third-order valence-electron chi connectivity index (χ3n) is 0.870. The predicted molar refractivity (Wildman–Crippen MR) is 30.2 cm³/mol. The molecule has 2 N–H and O–H groups in total. The molecule has 1 unspecified atom stereocenters. The van der Waals surface area contributed by atoms with Crippen LogP contribution in [0.2, 0.25) is 0 Å². The standard InChI is InChI=1S/C5H13NO2/c1-3-6-4-5(2)8-7/h5-6,8H,3-4H2,1-2H3. The van der Waals surface area contributed by atoms with E-state index in [0.717, 1.165) is 6.54 Å². The molecule has 0 fully saturated rings. The lowest BCUT2D eigenvalue weighted by molar-refractivity contribution is -0.788. The van der Waals surface area contributed by atoms with Gasteiger partial charge in [-0.3, -0.25) is 0 Å². The van der Waals surface area contributed by atoms with Gasteiger partial charge < -0.3 is 15.5 Å². The molecule has 1 atom stereocenters. The molecule has 0 amide bonds. The van der Waals surface area contributed by atoms with Crippen molar-refractivity contribution < 1.29 is 10.1 Å². The summed E-state index contributed by atoms with van der Waals surface area (Å²) in [5, 5.41) is 12.7. The Morgan fingerprint density at radius 1 is 1.75 bits per heavy atom. The molecule has 0 rings (SSSR count). The molecule has 0 aromatic heterocycles. The Balaban J connectivity index is 2.86. The van der Waals surface area contributed by atoms with Crippen molar-refractivity contribution in [2.45, 2.75) is 20.0 Å². The van der Waals surface area contributed by atoms with Gasteiger partial charge in [0.15, 0.2) is 6.10 Å². The van der Waals surface area contributed by atoms with Crippen molar-refractivity contribution in [2.24, 2.45) is 0 Å². The number of nitrogens with one attached hydrogen (secondary N) is 1. The number of likely N-dealkylation sites (N-methyl/N-ethyl adjacent to an activating group) is 1. The lowest BCUT2D eigenvalue weighted by atomic mass is 10.4. The van der Waals surface area contributed by atoms with Crippen LogP contribution in [0.4, 0.5) is 0 Å². The molecule has 0 saturated heterocycles. The zero-order chi connectivity index (χ0) is 6.41. The topological polar surface area (TPSA) is 47.9 Å². The Kier molecular flexibility index (Phi) is 4.95. The van der Waals surface area contributed by atoms with Crippen LogP contribution >= 0.6 is 0 Å². The molecular weight excluding hydrogens is 106 g/mol. The zero-order valence-corrected chi connectivity index (χ0v) is 5.35. The summed E-state index contributed by atoms with van der Waals surface area (Å²) < 4.78 is 0. The molecule has 0 aliphatic heterocycles. The molecule has 0 bridgehead atoms.